The highest BCUT2D eigenvalue weighted by Crippen LogP contribution is 2.31. The van der Waals surface area contributed by atoms with Crippen LogP contribution in [0, 0.1) is 0 Å². The van der Waals surface area contributed by atoms with E-state index in [-0.39, 0.29) is 24.6 Å². The van der Waals surface area contributed by atoms with Gasteiger partial charge in [0.25, 0.3) is 5.91 Å². The van der Waals surface area contributed by atoms with Gasteiger partial charge in [-0.3, -0.25) is 14.3 Å². The Balaban J connectivity index is 1.62. The number of nitrogens with one attached hydrogen (secondary N) is 1. The average Bonchev–Trinajstić information content (AvgIpc) is 3.42. The number of fused-ring (bicyclic) bond motifs is 1. The molecule has 4 rings (SSSR count). The molecule has 0 saturated carbocycles. The van der Waals surface area contributed by atoms with Crippen molar-refractivity contribution in [2.75, 3.05) is 19.1 Å². The molecular weight excluding hydrogens is 446 g/mol. The third-order valence-electron chi connectivity index (χ3n) is 5.61. The van der Waals surface area contributed by atoms with E-state index >= 15 is 0 Å². The Hall–Kier alpha value is -2.91. The van der Waals surface area contributed by atoms with E-state index in [0.717, 1.165) is 48.0 Å². The number of rotatable bonds is 7. The fourth-order valence-electron chi connectivity index (χ4n) is 3.98. The van der Waals surface area contributed by atoms with Gasteiger partial charge in [0.05, 0.1) is 16.7 Å². The highest BCUT2D eigenvalue weighted by molar-refractivity contribution is 6.26. The molecule has 1 saturated heterocycles. The molecule has 3 aromatic rings. The van der Waals surface area contributed by atoms with Gasteiger partial charge in [0.1, 0.15) is 12.5 Å². The number of amides is 1. The van der Waals surface area contributed by atoms with E-state index < -0.39 is 11.5 Å². The Morgan fingerprint density at radius 1 is 1.30 bits per heavy atom. The maximum absolute atomic E-state index is 13.1. The minimum Gasteiger partial charge on any atom is -0.462 e. The van der Waals surface area contributed by atoms with Crippen molar-refractivity contribution in [2.24, 2.45) is 7.05 Å². The summed E-state index contributed by atoms with van der Waals surface area (Å²) in [4.78, 5) is 24.5. The second-order valence-electron chi connectivity index (χ2n) is 8.82. The van der Waals surface area contributed by atoms with Crippen LogP contribution in [0.2, 0.25) is 0 Å². The van der Waals surface area contributed by atoms with E-state index in [1.165, 1.54) is 0 Å². The number of benzene rings is 1. The Bertz CT molecular complexity index is 1160. The molecule has 10 heteroatoms. The number of aromatic nitrogens is 4. The number of hydrogen-bond acceptors (Lipinski definition) is 6. The molecule has 0 bridgehead atoms. The molecule has 1 fully saturated rings. The van der Waals surface area contributed by atoms with Crippen molar-refractivity contribution >= 4 is 34.4 Å². The monoisotopic (exact) mass is 473 g/mol. The number of alkyl halides is 1. The van der Waals surface area contributed by atoms with E-state index in [1.54, 1.807) is 31.8 Å². The van der Waals surface area contributed by atoms with Gasteiger partial charge in [-0.05, 0) is 51.3 Å². The Kier molecular flexibility index (Phi) is 6.71. The summed E-state index contributed by atoms with van der Waals surface area (Å²) in [5.41, 5.74) is 2.18. The lowest BCUT2D eigenvalue weighted by Crippen LogP contribution is -2.47. The summed E-state index contributed by atoms with van der Waals surface area (Å²) in [5, 5.41) is 12.6. The Morgan fingerprint density at radius 2 is 2.12 bits per heavy atom. The minimum absolute atomic E-state index is 0.000876. The van der Waals surface area contributed by atoms with Crippen molar-refractivity contribution in [3.63, 3.8) is 0 Å². The van der Waals surface area contributed by atoms with Gasteiger partial charge < -0.3 is 14.8 Å². The van der Waals surface area contributed by atoms with Crippen molar-refractivity contribution in [1.82, 2.24) is 24.9 Å². The van der Waals surface area contributed by atoms with Crippen LogP contribution in [0.25, 0.3) is 22.2 Å². The number of carbonyl (C=O) groups excluding carboxylic acids is 2. The van der Waals surface area contributed by atoms with Gasteiger partial charge in [-0.25, -0.2) is 4.68 Å². The number of halogens is 1. The van der Waals surface area contributed by atoms with Gasteiger partial charge in [-0.1, -0.05) is 6.07 Å². The largest absolute Gasteiger partial charge is 0.462 e. The molecule has 2 aromatic heterocycles. The summed E-state index contributed by atoms with van der Waals surface area (Å²) >= 11 is 5.48. The molecule has 0 spiro atoms. The summed E-state index contributed by atoms with van der Waals surface area (Å²) in [7, 11) is 1.80. The first-order valence-corrected chi connectivity index (χ1v) is 11.5. The quantitative estimate of drug-likeness (QED) is 0.417. The van der Waals surface area contributed by atoms with Crippen molar-refractivity contribution in [3.8, 4) is 11.3 Å². The van der Waals surface area contributed by atoms with Crippen LogP contribution in [-0.4, -0.2) is 56.1 Å². The van der Waals surface area contributed by atoms with Crippen molar-refractivity contribution < 1.29 is 19.1 Å². The van der Waals surface area contributed by atoms with Crippen LogP contribution in [0.3, 0.4) is 0 Å². The number of hydrogen-bond donors (Lipinski definition) is 1. The van der Waals surface area contributed by atoms with E-state index in [9.17, 15) is 9.59 Å². The molecule has 1 aromatic carbocycles. The van der Waals surface area contributed by atoms with Crippen LogP contribution in [0.5, 0.6) is 0 Å². The lowest BCUT2D eigenvalue weighted by molar-refractivity contribution is -0.142. The van der Waals surface area contributed by atoms with Gasteiger partial charge in [-0.15, -0.1) is 11.6 Å². The van der Waals surface area contributed by atoms with E-state index in [0.29, 0.717) is 5.69 Å². The molecule has 1 aliphatic heterocycles. The fraction of sp³-hybridized carbons (Fsp3) is 0.478. The summed E-state index contributed by atoms with van der Waals surface area (Å²) in [6.07, 6.45) is 4.76. The normalized spacial score (nSPS) is 16.7. The summed E-state index contributed by atoms with van der Waals surface area (Å²) in [5.74, 6) is -1.13. The van der Waals surface area contributed by atoms with Gasteiger partial charge in [0.15, 0.2) is 11.9 Å². The van der Waals surface area contributed by atoms with Crippen molar-refractivity contribution in [2.45, 2.75) is 44.9 Å². The third-order valence-corrected chi connectivity index (χ3v) is 5.83. The van der Waals surface area contributed by atoms with Gasteiger partial charge >= 0.3 is 5.97 Å². The zero-order valence-corrected chi connectivity index (χ0v) is 19.8. The fourth-order valence-corrected chi connectivity index (χ4v) is 4.06. The standard InChI is InChI=1S/C23H28ClN5O4/c1-23(2,14-33-20(30)13-24)26-22(31)21-16-12-15(7-8-18(16)28(3)27-21)17-9-10-25-29(17)19-6-4-5-11-32-19/h7-10,12,19H,4-6,11,13-14H2,1-3H3,(H,26,31). The average molecular weight is 474 g/mol. The first-order valence-electron chi connectivity index (χ1n) is 11.0. The highest BCUT2D eigenvalue weighted by atomic mass is 35.5. The van der Waals surface area contributed by atoms with Gasteiger partial charge in [0.2, 0.25) is 0 Å². The molecule has 1 N–H and O–H groups in total. The summed E-state index contributed by atoms with van der Waals surface area (Å²) in [6.45, 7) is 4.27. The molecule has 1 unspecified atom stereocenters. The van der Waals surface area contributed by atoms with Crippen LogP contribution in [0.4, 0.5) is 0 Å². The second-order valence-corrected chi connectivity index (χ2v) is 9.09. The van der Waals surface area contributed by atoms with Crippen molar-refractivity contribution in [3.05, 3.63) is 36.2 Å². The molecular formula is C23H28ClN5O4. The highest BCUT2D eigenvalue weighted by Gasteiger charge is 2.27. The van der Waals surface area contributed by atoms with Crippen LogP contribution in [-0.2, 0) is 21.3 Å². The number of carbonyl (C=O) groups is 2. The second kappa shape index (κ2) is 9.52. The molecule has 3 heterocycles. The topological polar surface area (TPSA) is 100 Å². The van der Waals surface area contributed by atoms with Crippen molar-refractivity contribution in [1.29, 1.82) is 0 Å². The lowest BCUT2D eigenvalue weighted by Gasteiger charge is -2.25. The van der Waals surface area contributed by atoms with Crippen LogP contribution < -0.4 is 5.32 Å². The first-order chi connectivity index (χ1) is 15.8. The number of nitrogens with zero attached hydrogens (tertiary/aromatic N) is 4. The van der Waals surface area contributed by atoms with Gasteiger partial charge in [0, 0.05) is 30.8 Å². The first kappa shape index (κ1) is 23.3. The molecule has 1 aliphatic rings. The summed E-state index contributed by atoms with van der Waals surface area (Å²) in [6, 6.07) is 7.84. The molecule has 33 heavy (non-hydrogen) atoms. The zero-order chi connectivity index (χ0) is 23.6. The van der Waals surface area contributed by atoms with Crippen LogP contribution in [0.15, 0.2) is 30.5 Å². The maximum atomic E-state index is 13.1. The predicted molar refractivity (Wildman–Crippen MR) is 124 cm³/mol. The minimum atomic E-state index is -0.794. The summed E-state index contributed by atoms with van der Waals surface area (Å²) < 4.78 is 14.6. The van der Waals surface area contributed by atoms with E-state index in [1.807, 2.05) is 28.9 Å². The molecule has 1 atom stereocenters. The van der Waals surface area contributed by atoms with Gasteiger partial charge in [-0.2, -0.15) is 10.2 Å². The van der Waals surface area contributed by atoms with Crippen LogP contribution >= 0.6 is 11.6 Å². The maximum Gasteiger partial charge on any atom is 0.320 e. The Labute approximate surface area is 197 Å². The smallest absolute Gasteiger partial charge is 0.320 e. The third kappa shape index (κ3) is 5.04. The predicted octanol–water partition coefficient (Wildman–Crippen LogP) is 3.43. The number of aryl methyl sites for hydroxylation is 1. The SMILES string of the molecule is Cn1nc(C(=O)NC(C)(C)COC(=O)CCl)c2cc(-c3ccnn3C3CCCCO3)ccc21. The molecule has 0 aliphatic carbocycles. The lowest BCUT2D eigenvalue weighted by atomic mass is 10.0. The number of esters is 1. The van der Waals surface area contributed by atoms with Crippen LogP contribution in [0.1, 0.15) is 49.8 Å². The molecule has 0 radical (unpaired) electrons. The molecule has 176 valence electrons. The zero-order valence-electron chi connectivity index (χ0n) is 19.0. The molecule has 1 amide bonds. The molecule has 9 nitrogen and oxygen atoms in total. The van der Waals surface area contributed by atoms with E-state index in [2.05, 4.69) is 15.5 Å². The Morgan fingerprint density at radius 3 is 2.85 bits per heavy atom. The van der Waals surface area contributed by atoms with E-state index in [4.69, 9.17) is 21.1 Å². The number of ether oxygens (including phenoxy) is 2.